The molecule has 0 fully saturated rings. The maximum atomic E-state index is 12.7. The van der Waals surface area contributed by atoms with Crippen molar-refractivity contribution in [2.24, 2.45) is 0 Å². The second-order valence-corrected chi connectivity index (χ2v) is 7.08. The van der Waals surface area contributed by atoms with Crippen LogP contribution >= 0.6 is 11.8 Å². The van der Waals surface area contributed by atoms with Crippen molar-refractivity contribution in [2.75, 3.05) is 0 Å². The number of benzene rings is 2. The molecule has 0 N–H and O–H groups in total. The molecule has 0 spiro atoms. The summed E-state index contributed by atoms with van der Waals surface area (Å²) in [7, 11) is 0. The summed E-state index contributed by atoms with van der Waals surface area (Å²) in [5, 5.41) is 5.34. The lowest BCUT2D eigenvalue weighted by Crippen LogP contribution is -2.22. The Morgan fingerprint density at radius 1 is 1.11 bits per heavy atom. The number of fused-ring (bicyclic) bond motifs is 1. The Hall–Kier alpha value is -2.93. The molecule has 2 heterocycles. The molecule has 2 aromatic heterocycles. The van der Waals surface area contributed by atoms with Crippen LogP contribution in [0, 0.1) is 6.92 Å². The van der Waals surface area contributed by atoms with Crippen LogP contribution in [0.5, 0.6) is 0 Å². The van der Waals surface area contributed by atoms with Gasteiger partial charge in [0.1, 0.15) is 0 Å². The largest absolute Gasteiger partial charge is 0.334 e. The maximum Gasteiger partial charge on any atom is 0.262 e. The minimum absolute atomic E-state index is 0.0286. The van der Waals surface area contributed by atoms with Gasteiger partial charge in [-0.2, -0.15) is 4.98 Å². The van der Waals surface area contributed by atoms with E-state index >= 15 is 0 Å². The van der Waals surface area contributed by atoms with E-state index in [1.165, 1.54) is 11.8 Å². The smallest absolute Gasteiger partial charge is 0.262 e. The highest BCUT2D eigenvalue weighted by Gasteiger charge is 2.13. The van der Waals surface area contributed by atoms with Crippen molar-refractivity contribution in [1.29, 1.82) is 0 Å². The average Bonchev–Trinajstić information content (AvgIpc) is 3.16. The average molecular weight is 378 g/mol. The highest BCUT2D eigenvalue weighted by molar-refractivity contribution is 7.98. The lowest BCUT2D eigenvalue weighted by molar-refractivity contribution is 0.425. The van der Waals surface area contributed by atoms with Gasteiger partial charge in [0, 0.05) is 12.1 Å². The molecule has 4 aromatic rings. The van der Waals surface area contributed by atoms with Crippen LogP contribution in [-0.2, 0) is 12.3 Å². The Bertz CT molecular complexity index is 1170. The number of aryl methyl sites for hydroxylation is 1. The monoisotopic (exact) mass is 378 g/mol. The Morgan fingerprint density at radius 2 is 1.96 bits per heavy atom. The molecule has 0 saturated heterocycles. The van der Waals surface area contributed by atoms with Gasteiger partial charge in [0.05, 0.1) is 16.7 Å². The number of thioether (sulfide) groups is 1. The number of hydrogen-bond donors (Lipinski definition) is 0. The summed E-state index contributed by atoms with van der Waals surface area (Å²) in [5.41, 5.74) is 2.70. The van der Waals surface area contributed by atoms with Gasteiger partial charge < -0.3 is 4.52 Å². The van der Waals surface area contributed by atoms with Crippen molar-refractivity contribution in [3.05, 3.63) is 70.3 Å². The summed E-state index contributed by atoms with van der Waals surface area (Å²) in [6.07, 6.45) is 0. The molecule has 0 saturated carbocycles. The predicted molar refractivity (Wildman–Crippen MR) is 106 cm³/mol. The molecule has 0 aliphatic rings. The Balaban J connectivity index is 1.60. The van der Waals surface area contributed by atoms with E-state index < -0.39 is 0 Å². The number of hydrogen-bond acceptors (Lipinski definition) is 6. The summed E-state index contributed by atoms with van der Waals surface area (Å²) >= 11 is 1.43. The lowest BCUT2D eigenvalue weighted by Gasteiger charge is -2.10. The molecule has 7 heteroatoms. The molecule has 0 aliphatic carbocycles. The van der Waals surface area contributed by atoms with Crippen LogP contribution in [0.25, 0.3) is 22.4 Å². The number of aromatic nitrogens is 4. The molecule has 0 atom stereocenters. The fourth-order valence-electron chi connectivity index (χ4n) is 2.87. The van der Waals surface area contributed by atoms with Crippen LogP contribution in [0.15, 0.2) is 63.0 Å². The molecule has 2 aromatic carbocycles. The van der Waals surface area contributed by atoms with E-state index in [4.69, 9.17) is 4.52 Å². The summed E-state index contributed by atoms with van der Waals surface area (Å²) < 4.78 is 7.06. The fraction of sp³-hybridized carbons (Fsp3) is 0.200. The zero-order chi connectivity index (χ0) is 18.8. The molecule has 6 nitrogen and oxygen atoms in total. The van der Waals surface area contributed by atoms with Gasteiger partial charge in [-0.1, -0.05) is 46.7 Å². The van der Waals surface area contributed by atoms with Crippen LogP contribution < -0.4 is 5.56 Å². The van der Waals surface area contributed by atoms with Gasteiger partial charge in [0.2, 0.25) is 0 Å². The Kier molecular flexibility index (Phi) is 4.77. The Morgan fingerprint density at radius 3 is 2.78 bits per heavy atom. The van der Waals surface area contributed by atoms with E-state index in [-0.39, 0.29) is 5.56 Å². The lowest BCUT2D eigenvalue weighted by atomic mass is 10.1. The third-order valence-electron chi connectivity index (χ3n) is 4.21. The normalized spacial score (nSPS) is 11.2. The third kappa shape index (κ3) is 3.50. The van der Waals surface area contributed by atoms with Gasteiger partial charge in [-0.05, 0) is 38.1 Å². The molecular weight excluding hydrogens is 360 g/mol. The minimum Gasteiger partial charge on any atom is -0.334 e. The van der Waals surface area contributed by atoms with Gasteiger partial charge in [-0.25, -0.2) is 4.98 Å². The Labute approximate surface area is 160 Å². The fourth-order valence-corrected chi connectivity index (χ4v) is 3.78. The summed E-state index contributed by atoms with van der Waals surface area (Å²) in [5.74, 6) is 1.54. The van der Waals surface area contributed by atoms with Crippen LogP contribution in [0.4, 0.5) is 0 Å². The first-order chi connectivity index (χ1) is 13.2. The molecular formula is C20H18N4O2S. The highest BCUT2D eigenvalue weighted by Crippen LogP contribution is 2.23. The van der Waals surface area contributed by atoms with E-state index in [1.807, 2.05) is 56.3 Å². The number of para-hydroxylation sites is 1. The number of rotatable bonds is 5. The maximum absolute atomic E-state index is 12.7. The number of nitrogens with zero attached hydrogens (tertiary/aromatic N) is 4. The molecule has 0 bridgehead atoms. The minimum atomic E-state index is -0.0286. The molecule has 0 aliphatic heterocycles. The van der Waals surface area contributed by atoms with Crippen molar-refractivity contribution in [2.45, 2.75) is 31.3 Å². The quantitative estimate of drug-likeness (QED) is 0.385. The molecule has 0 radical (unpaired) electrons. The zero-order valence-electron chi connectivity index (χ0n) is 15.0. The zero-order valence-corrected chi connectivity index (χ0v) is 15.9. The van der Waals surface area contributed by atoms with E-state index in [0.29, 0.717) is 40.1 Å². The van der Waals surface area contributed by atoms with Crippen LogP contribution in [0.3, 0.4) is 0 Å². The van der Waals surface area contributed by atoms with Crippen molar-refractivity contribution in [3.63, 3.8) is 0 Å². The first-order valence-electron chi connectivity index (χ1n) is 8.67. The van der Waals surface area contributed by atoms with E-state index in [0.717, 1.165) is 11.1 Å². The SMILES string of the molecule is CCn1c(SCc2noc(-c3cccc(C)c3)n2)nc2ccccc2c1=O. The molecule has 0 amide bonds. The summed E-state index contributed by atoms with van der Waals surface area (Å²) in [6.45, 7) is 4.51. The topological polar surface area (TPSA) is 73.8 Å². The highest BCUT2D eigenvalue weighted by atomic mass is 32.2. The molecule has 136 valence electrons. The second kappa shape index (κ2) is 7.36. The van der Waals surface area contributed by atoms with Crippen LogP contribution in [0.2, 0.25) is 0 Å². The van der Waals surface area contributed by atoms with Gasteiger partial charge >= 0.3 is 0 Å². The standard InChI is InChI=1S/C20H18N4O2S/c1-3-24-19(25)15-9-4-5-10-16(15)21-20(24)27-12-17-22-18(26-23-17)14-8-6-7-13(2)11-14/h4-11H,3,12H2,1-2H3. The van der Waals surface area contributed by atoms with Crippen molar-refractivity contribution < 1.29 is 4.52 Å². The van der Waals surface area contributed by atoms with Crippen LogP contribution in [0.1, 0.15) is 18.3 Å². The first-order valence-corrected chi connectivity index (χ1v) is 9.66. The van der Waals surface area contributed by atoms with Gasteiger partial charge in [0.25, 0.3) is 11.4 Å². The van der Waals surface area contributed by atoms with Gasteiger partial charge in [0.15, 0.2) is 11.0 Å². The molecule has 0 unspecified atom stereocenters. The van der Waals surface area contributed by atoms with Gasteiger partial charge in [-0.15, -0.1) is 0 Å². The van der Waals surface area contributed by atoms with Crippen molar-refractivity contribution in [3.8, 4) is 11.5 Å². The van der Waals surface area contributed by atoms with E-state index in [9.17, 15) is 4.79 Å². The van der Waals surface area contributed by atoms with Crippen LogP contribution in [-0.4, -0.2) is 19.7 Å². The van der Waals surface area contributed by atoms with Crippen molar-refractivity contribution in [1.82, 2.24) is 19.7 Å². The molecule has 27 heavy (non-hydrogen) atoms. The van der Waals surface area contributed by atoms with Crippen molar-refractivity contribution >= 4 is 22.7 Å². The summed E-state index contributed by atoms with van der Waals surface area (Å²) in [4.78, 5) is 21.8. The molecule has 4 rings (SSSR count). The van der Waals surface area contributed by atoms with Gasteiger partial charge in [-0.3, -0.25) is 9.36 Å². The predicted octanol–water partition coefficient (Wildman–Crippen LogP) is 4.07. The first kappa shape index (κ1) is 17.5. The summed E-state index contributed by atoms with van der Waals surface area (Å²) in [6, 6.07) is 15.3. The van der Waals surface area contributed by atoms with E-state index in [1.54, 1.807) is 10.6 Å². The van der Waals surface area contributed by atoms with E-state index in [2.05, 4.69) is 15.1 Å². The second-order valence-electron chi connectivity index (χ2n) is 6.13. The third-order valence-corrected chi connectivity index (χ3v) is 5.18.